The Morgan fingerprint density at radius 3 is 2.78 bits per heavy atom. The van der Waals surface area contributed by atoms with E-state index in [0.717, 1.165) is 31.6 Å². The molecule has 0 saturated carbocycles. The van der Waals surface area contributed by atoms with Crippen LogP contribution >= 0.6 is 0 Å². The molecule has 7 heteroatoms. The molecule has 1 fully saturated rings. The van der Waals surface area contributed by atoms with Gasteiger partial charge in [0.2, 0.25) is 5.91 Å². The van der Waals surface area contributed by atoms with Gasteiger partial charge in [-0.3, -0.25) is 4.79 Å². The fourth-order valence-corrected chi connectivity index (χ4v) is 2.63. The molecular weight excluding hydrogens is 344 g/mol. The number of guanidine groups is 1. The Hall–Kier alpha value is -2.28. The van der Waals surface area contributed by atoms with Crippen LogP contribution in [-0.4, -0.2) is 69.8 Å². The monoisotopic (exact) mass is 376 g/mol. The number of amides is 1. The summed E-state index contributed by atoms with van der Waals surface area (Å²) in [6, 6.07) is 9.76. The third-order valence-electron chi connectivity index (χ3n) is 4.27. The summed E-state index contributed by atoms with van der Waals surface area (Å²) < 4.78 is 11.4. The molecule has 0 spiro atoms. The molecule has 1 saturated heterocycles. The van der Waals surface area contributed by atoms with Crippen LogP contribution in [0.1, 0.15) is 25.7 Å². The van der Waals surface area contributed by atoms with Crippen LogP contribution in [0.3, 0.4) is 0 Å². The number of aliphatic imine (C=N–C) groups is 1. The minimum Gasteiger partial charge on any atom is -0.494 e. The minimum atomic E-state index is -0.0302. The number of hydrogen-bond donors (Lipinski definition) is 2. The highest BCUT2D eigenvalue weighted by Crippen LogP contribution is 2.11. The molecule has 0 aromatic heterocycles. The van der Waals surface area contributed by atoms with Crippen molar-refractivity contribution in [2.75, 3.05) is 46.9 Å². The van der Waals surface area contributed by atoms with E-state index in [9.17, 15) is 4.79 Å². The van der Waals surface area contributed by atoms with E-state index in [-0.39, 0.29) is 18.6 Å². The zero-order valence-corrected chi connectivity index (χ0v) is 16.4. The van der Waals surface area contributed by atoms with Gasteiger partial charge in [0, 0.05) is 33.8 Å². The van der Waals surface area contributed by atoms with Gasteiger partial charge in [-0.2, -0.15) is 0 Å². The van der Waals surface area contributed by atoms with Crippen molar-refractivity contribution in [1.29, 1.82) is 0 Å². The van der Waals surface area contributed by atoms with Crippen LogP contribution in [0.15, 0.2) is 35.3 Å². The molecule has 1 unspecified atom stereocenters. The van der Waals surface area contributed by atoms with E-state index in [0.29, 0.717) is 25.7 Å². The van der Waals surface area contributed by atoms with Gasteiger partial charge < -0.3 is 25.0 Å². The smallest absolute Gasteiger partial charge is 0.243 e. The molecule has 1 heterocycles. The summed E-state index contributed by atoms with van der Waals surface area (Å²) in [4.78, 5) is 17.7. The first-order valence-corrected chi connectivity index (χ1v) is 9.67. The molecule has 1 aliphatic heterocycles. The molecule has 1 amide bonds. The number of nitrogens with zero attached hydrogens (tertiary/aromatic N) is 2. The number of nitrogens with one attached hydrogen (secondary N) is 2. The zero-order valence-electron chi connectivity index (χ0n) is 16.4. The predicted octanol–water partition coefficient (Wildman–Crippen LogP) is 1.65. The Morgan fingerprint density at radius 2 is 2.07 bits per heavy atom. The number of carbonyl (C=O) groups excluding carboxylic acids is 1. The highest BCUT2D eigenvalue weighted by molar-refractivity contribution is 5.84. The average molecular weight is 377 g/mol. The topological polar surface area (TPSA) is 75.2 Å². The van der Waals surface area contributed by atoms with E-state index in [1.807, 2.05) is 30.3 Å². The van der Waals surface area contributed by atoms with Crippen LogP contribution in [0.5, 0.6) is 5.75 Å². The standard InChI is InChI=1S/C20H32N4O3/c1-24(2)19(25)16-23-20(22-15-18-11-6-7-13-27-18)21-12-8-14-26-17-9-4-3-5-10-17/h3-5,9-10,18H,6-8,11-16H2,1-2H3,(H2,21,22,23). The molecule has 2 rings (SSSR count). The van der Waals surface area contributed by atoms with Crippen molar-refractivity contribution in [3.05, 3.63) is 30.3 Å². The van der Waals surface area contributed by atoms with Crippen LogP contribution in [-0.2, 0) is 9.53 Å². The lowest BCUT2D eigenvalue weighted by Gasteiger charge is -2.24. The van der Waals surface area contributed by atoms with E-state index in [4.69, 9.17) is 9.47 Å². The van der Waals surface area contributed by atoms with Crippen LogP contribution in [0.4, 0.5) is 0 Å². The highest BCUT2D eigenvalue weighted by atomic mass is 16.5. The Morgan fingerprint density at radius 1 is 1.26 bits per heavy atom. The second-order valence-corrected chi connectivity index (χ2v) is 6.76. The summed E-state index contributed by atoms with van der Waals surface area (Å²) in [6.45, 7) is 2.96. The van der Waals surface area contributed by atoms with Crippen molar-refractivity contribution in [3.63, 3.8) is 0 Å². The van der Waals surface area contributed by atoms with E-state index in [1.54, 1.807) is 19.0 Å². The van der Waals surface area contributed by atoms with Crippen molar-refractivity contribution in [2.24, 2.45) is 4.99 Å². The molecule has 150 valence electrons. The van der Waals surface area contributed by atoms with Gasteiger partial charge in [-0.25, -0.2) is 4.99 Å². The van der Waals surface area contributed by atoms with Crippen LogP contribution in [0.25, 0.3) is 0 Å². The lowest BCUT2D eigenvalue weighted by Crippen LogP contribution is -2.43. The van der Waals surface area contributed by atoms with Crippen LogP contribution in [0, 0.1) is 0 Å². The molecular formula is C20H32N4O3. The first-order valence-electron chi connectivity index (χ1n) is 9.67. The number of rotatable bonds is 9. The van der Waals surface area contributed by atoms with E-state index in [1.165, 1.54) is 6.42 Å². The maximum absolute atomic E-state index is 11.8. The van der Waals surface area contributed by atoms with Crippen molar-refractivity contribution in [2.45, 2.75) is 31.8 Å². The largest absolute Gasteiger partial charge is 0.494 e. The van der Waals surface area contributed by atoms with Crippen molar-refractivity contribution in [3.8, 4) is 5.75 Å². The second kappa shape index (κ2) is 12.2. The van der Waals surface area contributed by atoms with E-state index >= 15 is 0 Å². The summed E-state index contributed by atoms with van der Waals surface area (Å²) in [5.41, 5.74) is 0. The maximum atomic E-state index is 11.8. The number of benzene rings is 1. The third kappa shape index (κ3) is 8.77. The number of carbonyl (C=O) groups is 1. The van der Waals surface area contributed by atoms with Gasteiger partial charge in [-0.1, -0.05) is 18.2 Å². The highest BCUT2D eigenvalue weighted by Gasteiger charge is 2.14. The number of para-hydroxylation sites is 1. The maximum Gasteiger partial charge on any atom is 0.243 e. The van der Waals surface area contributed by atoms with Crippen LogP contribution in [0.2, 0.25) is 0 Å². The molecule has 0 bridgehead atoms. The summed E-state index contributed by atoms with van der Waals surface area (Å²) in [5, 5.41) is 6.57. The quantitative estimate of drug-likeness (QED) is 0.389. The van der Waals surface area contributed by atoms with Gasteiger partial charge in [-0.15, -0.1) is 0 Å². The van der Waals surface area contributed by atoms with Gasteiger partial charge in [0.25, 0.3) is 0 Å². The summed E-state index contributed by atoms with van der Waals surface area (Å²) in [5.74, 6) is 1.48. The lowest BCUT2D eigenvalue weighted by atomic mass is 10.1. The van der Waals surface area contributed by atoms with E-state index in [2.05, 4.69) is 15.6 Å². The molecule has 1 aromatic carbocycles. The van der Waals surface area contributed by atoms with Crippen molar-refractivity contribution in [1.82, 2.24) is 15.5 Å². The molecule has 1 aromatic rings. The molecule has 0 radical (unpaired) electrons. The third-order valence-corrected chi connectivity index (χ3v) is 4.27. The van der Waals surface area contributed by atoms with Crippen LogP contribution < -0.4 is 15.4 Å². The summed E-state index contributed by atoms with van der Waals surface area (Å²) >= 11 is 0. The van der Waals surface area contributed by atoms with Gasteiger partial charge in [0.05, 0.1) is 12.7 Å². The first-order chi connectivity index (χ1) is 13.1. The van der Waals surface area contributed by atoms with Crippen molar-refractivity contribution >= 4 is 11.9 Å². The molecule has 27 heavy (non-hydrogen) atoms. The zero-order chi connectivity index (χ0) is 19.3. The van der Waals surface area contributed by atoms with Crippen molar-refractivity contribution < 1.29 is 14.3 Å². The molecule has 1 atom stereocenters. The molecule has 7 nitrogen and oxygen atoms in total. The Labute approximate surface area is 162 Å². The fourth-order valence-electron chi connectivity index (χ4n) is 2.63. The van der Waals surface area contributed by atoms with Gasteiger partial charge in [-0.05, 0) is 37.8 Å². The second-order valence-electron chi connectivity index (χ2n) is 6.76. The minimum absolute atomic E-state index is 0.0302. The SMILES string of the molecule is CN(C)C(=O)CN=C(NCCCOc1ccccc1)NCC1CCCCO1. The number of likely N-dealkylation sites (N-methyl/N-ethyl adjacent to an activating group) is 1. The van der Waals surface area contributed by atoms with Gasteiger partial charge in [0.1, 0.15) is 12.3 Å². The Balaban J connectivity index is 1.73. The summed E-state index contributed by atoms with van der Waals surface area (Å²) in [6.07, 6.45) is 4.42. The lowest BCUT2D eigenvalue weighted by molar-refractivity contribution is -0.127. The predicted molar refractivity (Wildman–Crippen MR) is 107 cm³/mol. The average Bonchev–Trinajstić information content (AvgIpc) is 2.70. The van der Waals surface area contributed by atoms with Gasteiger partial charge >= 0.3 is 0 Å². The molecule has 1 aliphatic rings. The van der Waals surface area contributed by atoms with Gasteiger partial charge in [0.15, 0.2) is 5.96 Å². The number of ether oxygens (including phenoxy) is 2. The normalized spacial score (nSPS) is 17.3. The Kier molecular flexibility index (Phi) is 9.48. The fraction of sp³-hybridized carbons (Fsp3) is 0.600. The molecule has 0 aliphatic carbocycles. The molecule has 2 N–H and O–H groups in total. The van der Waals surface area contributed by atoms with E-state index < -0.39 is 0 Å². The number of hydrogen-bond acceptors (Lipinski definition) is 4. The first kappa shape index (κ1) is 21.0. The summed E-state index contributed by atoms with van der Waals surface area (Å²) in [7, 11) is 3.46. The Bertz CT molecular complexity index is 572.